The molecule has 0 spiro atoms. The summed E-state index contributed by atoms with van der Waals surface area (Å²) in [7, 11) is 4.64. The van der Waals surface area contributed by atoms with Gasteiger partial charge >= 0.3 is 5.97 Å². The van der Waals surface area contributed by atoms with E-state index in [2.05, 4.69) is 36.9 Å². The second kappa shape index (κ2) is 12.9. The number of carboxylic acid groups (broad SMARTS) is 1. The molecule has 2 aliphatic heterocycles. The molecule has 44 heavy (non-hydrogen) atoms. The van der Waals surface area contributed by atoms with E-state index in [4.69, 9.17) is 14.2 Å². The minimum atomic E-state index is -0.847. The van der Waals surface area contributed by atoms with Crippen molar-refractivity contribution in [1.82, 2.24) is 9.80 Å². The number of hydrogen-bond donors (Lipinski definition) is 1. The SMILES string of the molecule is COc1cc(C(=O)N2CCC(CCN3CCC(C(=O)O)(c4ccccc4)CC3)(c3ccc(C)c(C)c3)C2)cc(OC)c1OC. The lowest BCUT2D eigenvalue weighted by Crippen LogP contribution is -2.48. The summed E-state index contributed by atoms with van der Waals surface area (Å²) in [5, 5.41) is 10.3. The quantitative estimate of drug-likeness (QED) is 0.323. The molecule has 2 saturated heterocycles. The summed E-state index contributed by atoms with van der Waals surface area (Å²) in [6.07, 6.45) is 2.88. The largest absolute Gasteiger partial charge is 0.493 e. The maximum absolute atomic E-state index is 13.9. The highest BCUT2D eigenvalue weighted by Gasteiger charge is 2.45. The van der Waals surface area contributed by atoms with Crippen LogP contribution in [0.4, 0.5) is 0 Å². The highest BCUT2D eigenvalue weighted by atomic mass is 16.5. The number of aliphatic carboxylic acids is 1. The Morgan fingerprint density at radius 3 is 2.02 bits per heavy atom. The Bertz CT molecular complexity index is 1470. The second-order valence-corrected chi connectivity index (χ2v) is 12.3. The van der Waals surface area contributed by atoms with Crippen molar-refractivity contribution >= 4 is 11.9 Å². The number of rotatable bonds is 10. The van der Waals surface area contributed by atoms with Crippen molar-refractivity contribution in [3.05, 3.63) is 88.5 Å². The third kappa shape index (κ3) is 5.87. The van der Waals surface area contributed by atoms with Crippen LogP contribution in [0.15, 0.2) is 60.7 Å². The summed E-state index contributed by atoms with van der Waals surface area (Å²) in [4.78, 5) is 30.7. The summed E-state index contributed by atoms with van der Waals surface area (Å²) in [5.41, 5.74) is 4.06. The first-order valence-corrected chi connectivity index (χ1v) is 15.3. The number of amides is 1. The molecule has 3 aromatic rings. The highest BCUT2D eigenvalue weighted by molar-refractivity contribution is 5.96. The fourth-order valence-electron chi connectivity index (χ4n) is 7.00. The number of aryl methyl sites for hydroxylation is 2. The Hall–Kier alpha value is -4.04. The molecule has 8 heteroatoms. The Kier molecular flexibility index (Phi) is 9.20. The predicted molar refractivity (Wildman–Crippen MR) is 170 cm³/mol. The fraction of sp³-hybridized carbons (Fsp3) is 0.444. The minimum Gasteiger partial charge on any atom is -0.493 e. The molecule has 0 aliphatic carbocycles. The van der Waals surface area contributed by atoms with Crippen LogP contribution >= 0.6 is 0 Å². The molecule has 2 aliphatic rings. The zero-order valence-corrected chi connectivity index (χ0v) is 26.5. The van der Waals surface area contributed by atoms with Crippen LogP contribution < -0.4 is 14.2 Å². The molecule has 1 unspecified atom stereocenters. The molecule has 2 fully saturated rings. The number of ether oxygens (including phenoxy) is 3. The van der Waals surface area contributed by atoms with Gasteiger partial charge in [0.1, 0.15) is 0 Å². The number of nitrogens with zero attached hydrogens (tertiary/aromatic N) is 2. The number of piperidine rings is 1. The van der Waals surface area contributed by atoms with Gasteiger partial charge in [0, 0.05) is 24.1 Å². The third-order valence-electron chi connectivity index (χ3n) is 10.0. The Balaban J connectivity index is 1.36. The number of likely N-dealkylation sites (tertiary alicyclic amines) is 2. The predicted octanol–water partition coefficient (Wildman–Crippen LogP) is 5.62. The number of hydrogen-bond acceptors (Lipinski definition) is 6. The van der Waals surface area contributed by atoms with Crippen LogP contribution in [0.25, 0.3) is 0 Å². The first kappa shape index (κ1) is 31.4. The van der Waals surface area contributed by atoms with E-state index in [1.807, 2.05) is 35.2 Å². The fourth-order valence-corrected chi connectivity index (χ4v) is 7.00. The van der Waals surface area contributed by atoms with Gasteiger partial charge in [-0.3, -0.25) is 9.59 Å². The van der Waals surface area contributed by atoms with E-state index in [9.17, 15) is 14.7 Å². The van der Waals surface area contributed by atoms with Crippen LogP contribution in [-0.4, -0.2) is 80.8 Å². The number of benzene rings is 3. The molecule has 3 aromatic carbocycles. The second-order valence-electron chi connectivity index (χ2n) is 12.3. The van der Waals surface area contributed by atoms with Gasteiger partial charge in [0.2, 0.25) is 5.75 Å². The standard InChI is InChI=1S/C36H44N2O6/c1-25-11-12-29(21-26(25)2)35(13-17-37-18-15-36(16-19-37,34(40)41)28-9-7-6-8-10-28)14-20-38(24-35)33(39)27-22-30(42-3)32(44-5)31(23-27)43-4/h6-12,21-23H,13-20,24H2,1-5H3,(H,40,41). The molecule has 2 heterocycles. The molecule has 0 radical (unpaired) electrons. The van der Waals surface area contributed by atoms with E-state index in [-0.39, 0.29) is 11.3 Å². The van der Waals surface area contributed by atoms with E-state index >= 15 is 0 Å². The van der Waals surface area contributed by atoms with Crippen molar-refractivity contribution in [2.45, 2.75) is 50.4 Å². The van der Waals surface area contributed by atoms with Crippen LogP contribution in [0.1, 0.15) is 58.3 Å². The van der Waals surface area contributed by atoms with E-state index in [0.29, 0.717) is 48.7 Å². The van der Waals surface area contributed by atoms with Gasteiger partial charge in [0.15, 0.2) is 11.5 Å². The Labute approximate surface area is 260 Å². The first-order chi connectivity index (χ1) is 21.2. The lowest BCUT2D eigenvalue weighted by Gasteiger charge is -2.41. The van der Waals surface area contributed by atoms with E-state index in [1.165, 1.54) is 16.7 Å². The molecular formula is C36H44N2O6. The molecule has 1 N–H and O–H groups in total. The number of methoxy groups -OCH3 is 3. The summed E-state index contributed by atoms with van der Waals surface area (Å²) < 4.78 is 16.5. The van der Waals surface area contributed by atoms with Gasteiger partial charge in [-0.25, -0.2) is 0 Å². The average Bonchev–Trinajstić information content (AvgIpc) is 3.50. The molecule has 5 rings (SSSR count). The van der Waals surface area contributed by atoms with Gasteiger partial charge in [-0.05, 0) is 93.6 Å². The summed E-state index contributed by atoms with van der Waals surface area (Å²) >= 11 is 0. The van der Waals surface area contributed by atoms with Gasteiger partial charge in [-0.1, -0.05) is 48.5 Å². The molecule has 234 valence electrons. The van der Waals surface area contributed by atoms with Gasteiger partial charge in [-0.2, -0.15) is 0 Å². The molecule has 1 atom stereocenters. The van der Waals surface area contributed by atoms with Crippen molar-refractivity contribution in [3.8, 4) is 17.2 Å². The van der Waals surface area contributed by atoms with E-state index in [0.717, 1.165) is 38.0 Å². The van der Waals surface area contributed by atoms with Crippen LogP contribution in [-0.2, 0) is 15.6 Å². The first-order valence-electron chi connectivity index (χ1n) is 15.3. The molecule has 0 aromatic heterocycles. The normalized spacial score (nSPS) is 19.9. The van der Waals surface area contributed by atoms with Crippen molar-refractivity contribution in [2.75, 3.05) is 54.1 Å². The monoisotopic (exact) mass is 600 g/mol. The van der Waals surface area contributed by atoms with Crippen molar-refractivity contribution < 1.29 is 28.9 Å². The molecule has 0 saturated carbocycles. The maximum Gasteiger partial charge on any atom is 0.314 e. The topological polar surface area (TPSA) is 88.5 Å². The molecule has 8 nitrogen and oxygen atoms in total. The Morgan fingerprint density at radius 1 is 0.795 bits per heavy atom. The third-order valence-corrected chi connectivity index (χ3v) is 10.0. The number of carbonyl (C=O) groups excluding carboxylic acids is 1. The van der Waals surface area contributed by atoms with Gasteiger partial charge in [-0.15, -0.1) is 0 Å². The van der Waals surface area contributed by atoms with Crippen molar-refractivity contribution in [1.29, 1.82) is 0 Å². The molecular weight excluding hydrogens is 556 g/mol. The maximum atomic E-state index is 13.9. The lowest BCUT2D eigenvalue weighted by molar-refractivity contribution is -0.146. The average molecular weight is 601 g/mol. The Morgan fingerprint density at radius 2 is 1.45 bits per heavy atom. The van der Waals surface area contributed by atoms with E-state index < -0.39 is 11.4 Å². The zero-order valence-electron chi connectivity index (χ0n) is 26.5. The van der Waals surface area contributed by atoms with Crippen LogP contribution in [0.3, 0.4) is 0 Å². The van der Waals surface area contributed by atoms with Crippen molar-refractivity contribution in [2.24, 2.45) is 0 Å². The molecule has 0 bridgehead atoms. The minimum absolute atomic E-state index is 0.0676. The smallest absolute Gasteiger partial charge is 0.314 e. The van der Waals surface area contributed by atoms with Crippen LogP contribution in [0.2, 0.25) is 0 Å². The van der Waals surface area contributed by atoms with Crippen LogP contribution in [0, 0.1) is 13.8 Å². The highest BCUT2D eigenvalue weighted by Crippen LogP contribution is 2.43. The van der Waals surface area contributed by atoms with Gasteiger partial charge < -0.3 is 29.1 Å². The number of carboxylic acids is 1. The lowest BCUT2D eigenvalue weighted by atomic mass is 9.72. The summed E-state index contributed by atoms with van der Waals surface area (Å²) in [6, 6.07) is 19.8. The van der Waals surface area contributed by atoms with Gasteiger partial charge in [0.25, 0.3) is 5.91 Å². The van der Waals surface area contributed by atoms with E-state index in [1.54, 1.807) is 33.5 Å². The van der Waals surface area contributed by atoms with Crippen LogP contribution in [0.5, 0.6) is 17.2 Å². The zero-order chi connectivity index (χ0) is 31.5. The summed E-state index contributed by atoms with van der Waals surface area (Å²) in [6.45, 7) is 7.77. The van der Waals surface area contributed by atoms with Crippen molar-refractivity contribution in [3.63, 3.8) is 0 Å². The molecule has 1 amide bonds. The van der Waals surface area contributed by atoms with Gasteiger partial charge in [0.05, 0.1) is 26.7 Å². The number of carbonyl (C=O) groups is 2. The summed E-state index contributed by atoms with van der Waals surface area (Å²) in [5.74, 6) is 0.549.